The van der Waals surface area contributed by atoms with Gasteiger partial charge in [-0.25, -0.2) is 0 Å². The van der Waals surface area contributed by atoms with E-state index >= 15 is 0 Å². The second kappa shape index (κ2) is 8.92. The van der Waals surface area contributed by atoms with Crippen molar-refractivity contribution in [2.75, 3.05) is 4.90 Å². The van der Waals surface area contributed by atoms with E-state index in [1.807, 2.05) is 0 Å². The van der Waals surface area contributed by atoms with Gasteiger partial charge in [-0.3, -0.25) is 0 Å². The topological polar surface area (TPSA) is 17.4 Å². The highest BCUT2D eigenvalue weighted by molar-refractivity contribution is 6.99. The predicted octanol–water partition coefficient (Wildman–Crippen LogP) is 8.12. The van der Waals surface area contributed by atoms with Crippen LogP contribution in [-0.4, -0.2) is 17.3 Å². The number of allylic oxidation sites excluding steroid dienone is 2. The molecule has 0 N–H and O–H groups in total. The minimum Gasteiger partial charge on any atom is -0.458 e. The minimum absolute atomic E-state index is 0.0870. The summed E-state index contributed by atoms with van der Waals surface area (Å²) >= 11 is 0. The summed E-state index contributed by atoms with van der Waals surface area (Å²) in [5.74, 6) is 2.26. The number of anilines is 2. The van der Waals surface area contributed by atoms with Gasteiger partial charge in [0.1, 0.15) is 11.5 Å². The van der Waals surface area contributed by atoms with Gasteiger partial charge >= 0.3 is 0 Å². The number of para-hydroxylation sites is 3. The molecule has 0 bridgehead atoms. The van der Waals surface area contributed by atoms with Gasteiger partial charge in [0.25, 0.3) is 6.71 Å². The molecule has 0 saturated carbocycles. The number of aromatic nitrogens is 1. The Bertz CT molecular complexity index is 2490. The number of benzene rings is 6. The molecule has 7 aromatic rings. The third-order valence-electron chi connectivity index (χ3n) is 10.6. The van der Waals surface area contributed by atoms with E-state index in [0.29, 0.717) is 5.92 Å². The Kier molecular flexibility index (Phi) is 4.77. The van der Waals surface area contributed by atoms with Gasteiger partial charge in [-0.2, -0.15) is 0 Å². The first-order chi connectivity index (χ1) is 22.8. The fraction of sp³-hybridized carbons (Fsp3) is 0.0476. The summed E-state index contributed by atoms with van der Waals surface area (Å²) in [5.41, 5.74) is 13.7. The van der Waals surface area contributed by atoms with Crippen molar-refractivity contribution >= 4 is 56.3 Å². The Labute approximate surface area is 267 Å². The third kappa shape index (κ3) is 3.08. The Hall–Kier alpha value is -5.74. The van der Waals surface area contributed by atoms with Crippen LogP contribution in [0.25, 0.3) is 38.6 Å². The van der Waals surface area contributed by atoms with Crippen molar-refractivity contribution in [3.63, 3.8) is 0 Å². The maximum absolute atomic E-state index is 6.91. The van der Waals surface area contributed by atoms with Crippen LogP contribution in [0.3, 0.4) is 0 Å². The third-order valence-corrected chi connectivity index (χ3v) is 10.6. The molecule has 46 heavy (non-hydrogen) atoms. The highest BCUT2D eigenvalue weighted by Crippen LogP contribution is 2.49. The SMILES string of the molecule is C1=CC2c3ccccc3N(c3ccc4c(c3)c3cc(-c5ccccc5)c5c6c3n4-c3ccccc3B6c3ccccc3O5)C2C=C1. The van der Waals surface area contributed by atoms with Crippen molar-refractivity contribution < 1.29 is 4.74 Å². The average Bonchev–Trinajstić information content (AvgIpc) is 3.64. The second-order valence-electron chi connectivity index (χ2n) is 12.8. The van der Waals surface area contributed by atoms with Gasteiger partial charge in [0.15, 0.2) is 0 Å². The molecular formula is C42H27BN2O. The lowest BCUT2D eigenvalue weighted by molar-refractivity contribution is 0.489. The Balaban J connectivity index is 1.25. The fourth-order valence-corrected chi connectivity index (χ4v) is 8.71. The van der Waals surface area contributed by atoms with E-state index in [9.17, 15) is 0 Å². The summed E-state index contributed by atoms with van der Waals surface area (Å²) in [6.07, 6.45) is 9.09. The molecule has 0 saturated heterocycles. The van der Waals surface area contributed by atoms with Gasteiger partial charge in [-0.05, 0) is 70.0 Å². The highest BCUT2D eigenvalue weighted by Gasteiger charge is 2.42. The van der Waals surface area contributed by atoms with Crippen molar-refractivity contribution in [3.8, 4) is 28.3 Å². The summed E-state index contributed by atoms with van der Waals surface area (Å²) in [7, 11) is 0. The molecule has 3 aliphatic heterocycles. The van der Waals surface area contributed by atoms with Crippen molar-refractivity contribution in [1.82, 2.24) is 4.57 Å². The van der Waals surface area contributed by atoms with Gasteiger partial charge < -0.3 is 14.2 Å². The number of rotatable bonds is 2. The van der Waals surface area contributed by atoms with E-state index in [1.165, 1.54) is 66.4 Å². The van der Waals surface area contributed by atoms with Crippen LogP contribution >= 0.6 is 0 Å². The minimum atomic E-state index is 0.0870. The van der Waals surface area contributed by atoms with Crippen molar-refractivity contribution in [1.29, 1.82) is 0 Å². The van der Waals surface area contributed by atoms with E-state index in [1.54, 1.807) is 0 Å². The van der Waals surface area contributed by atoms with Crippen molar-refractivity contribution in [2.24, 2.45) is 0 Å². The number of fused-ring (bicyclic) bond motifs is 11. The lowest BCUT2D eigenvalue weighted by Crippen LogP contribution is -2.58. The molecule has 4 heteroatoms. The zero-order valence-electron chi connectivity index (χ0n) is 25.0. The van der Waals surface area contributed by atoms with E-state index in [4.69, 9.17) is 4.74 Å². The van der Waals surface area contributed by atoms with E-state index < -0.39 is 0 Å². The Morgan fingerprint density at radius 2 is 1.39 bits per heavy atom. The first-order valence-electron chi connectivity index (χ1n) is 16.1. The molecule has 2 atom stereocenters. The average molecular weight is 587 g/mol. The first-order valence-corrected chi connectivity index (χ1v) is 16.1. The van der Waals surface area contributed by atoms with Crippen LogP contribution in [0.2, 0.25) is 0 Å². The van der Waals surface area contributed by atoms with Crippen molar-refractivity contribution in [3.05, 3.63) is 157 Å². The molecule has 11 rings (SSSR count). The lowest BCUT2D eigenvalue weighted by atomic mass is 9.34. The molecule has 4 heterocycles. The van der Waals surface area contributed by atoms with Crippen LogP contribution in [0, 0.1) is 0 Å². The lowest BCUT2D eigenvalue weighted by Gasteiger charge is -2.34. The van der Waals surface area contributed by atoms with Crippen molar-refractivity contribution in [2.45, 2.75) is 12.0 Å². The Morgan fingerprint density at radius 3 is 2.30 bits per heavy atom. The molecule has 6 aromatic carbocycles. The molecule has 0 radical (unpaired) electrons. The maximum Gasteiger partial charge on any atom is 0.256 e. The van der Waals surface area contributed by atoms with E-state index in [2.05, 4.69) is 161 Å². The predicted molar refractivity (Wildman–Crippen MR) is 191 cm³/mol. The number of hydrogen-bond donors (Lipinski definition) is 0. The quantitative estimate of drug-likeness (QED) is 0.191. The van der Waals surface area contributed by atoms with Crippen LogP contribution in [0.15, 0.2) is 152 Å². The van der Waals surface area contributed by atoms with Crippen LogP contribution in [-0.2, 0) is 0 Å². The largest absolute Gasteiger partial charge is 0.458 e. The van der Waals surface area contributed by atoms with Gasteiger partial charge in [0.2, 0.25) is 0 Å². The summed E-state index contributed by atoms with van der Waals surface area (Å²) < 4.78 is 9.40. The molecule has 0 spiro atoms. The van der Waals surface area contributed by atoms with E-state index in [-0.39, 0.29) is 12.8 Å². The molecule has 1 aliphatic carbocycles. The zero-order valence-corrected chi connectivity index (χ0v) is 25.0. The van der Waals surface area contributed by atoms with Gasteiger partial charge in [0, 0.05) is 39.3 Å². The summed E-state index contributed by atoms with van der Waals surface area (Å²) in [4.78, 5) is 2.54. The standard InChI is InChI=1S/C42H27BN2O/c1-2-12-26(13-3-1)30-25-32-31-24-27(44-35-18-8-4-14-28(35)29-15-5-9-19-36(29)44)22-23-37(31)45-38-20-10-6-16-33(38)43-34-17-7-11-21-39(34)46-42(30)40(43)41(32)45/h1-25,28,35H. The maximum atomic E-state index is 6.91. The molecule has 0 amide bonds. The summed E-state index contributed by atoms with van der Waals surface area (Å²) in [5, 5.41) is 2.53. The first kappa shape index (κ1) is 24.6. The molecule has 4 aliphatic rings. The molecule has 214 valence electrons. The van der Waals surface area contributed by atoms with Gasteiger partial charge in [-0.15, -0.1) is 0 Å². The smallest absolute Gasteiger partial charge is 0.256 e. The van der Waals surface area contributed by atoms with Crippen LogP contribution in [0.5, 0.6) is 11.5 Å². The molecule has 3 nitrogen and oxygen atoms in total. The van der Waals surface area contributed by atoms with Crippen LogP contribution < -0.4 is 26.0 Å². The van der Waals surface area contributed by atoms with Gasteiger partial charge in [-0.1, -0.05) is 109 Å². The normalized spacial score (nSPS) is 17.9. The Morgan fingerprint density at radius 1 is 0.630 bits per heavy atom. The fourth-order valence-electron chi connectivity index (χ4n) is 8.71. The second-order valence-corrected chi connectivity index (χ2v) is 12.8. The summed E-state index contributed by atoms with van der Waals surface area (Å²) in [6, 6.07) is 46.9. The van der Waals surface area contributed by atoms with E-state index in [0.717, 1.165) is 17.1 Å². The number of nitrogens with zero attached hydrogens (tertiary/aromatic N) is 2. The monoisotopic (exact) mass is 586 g/mol. The van der Waals surface area contributed by atoms with Crippen LogP contribution in [0.1, 0.15) is 11.5 Å². The summed E-state index contributed by atoms with van der Waals surface area (Å²) in [6.45, 7) is 0.0870. The molecular weight excluding hydrogens is 559 g/mol. The molecule has 0 fully saturated rings. The zero-order chi connectivity index (χ0) is 29.9. The van der Waals surface area contributed by atoms with Crippen LogP contribution in [0.4, 0.5) is 11.4 Å². The molecule has 1 aromatic heterocycles. The number of hydrogen-bond acceptors (Lipinski definition) is 2. The molecule has 2 unspecified atom stereocenters. The van der Waals surface area contributed by atoms with Gasteiger partial charge in [0.05, 0.1) is 17.1 Å². The number of ether oxygens (including phenoxy) is 1. The highest BCUT2D eigenvalue weighted by atomic mass is 16.5.